The zero-order valence-electron chi connectivity index (χ0n) is 18.3. The van der Waals surface area contributed by atoms with Crippen molar-refractivity contribution in [3.05, 3.63) is 52.7 Å². The number of benzene rings is 1. The average molecular weight is 472 g/mol. The smallest absolute Gasteiger partial charge is 0.355 e. The number of nitrogens with zero attached hydrogens (tertiary/aromatic N) is 5. The quantitative estimate of drug-likeness (QED) is 0.535. The van der Waals surface area contributed by atoms with Crippen LogP contribution in [-0.2, 0) is 12.8 Å². The van der Waals surface area contributed by atoms with Gasteiger partial charge in [-0.2, -0.15) is 18.4 Å². The largest absolute Gasteiger partial charge is 0.393 e. The second-order valence-corrected chi connectivity index (χ2v) is 10.5. The van der Waals surface area contributed by atoms with E-state index in [2.05, 4.69) is 32.8 Å². The Labute approximate surface area is 194 Å². The summed E-state index contributed by atoms with van der Waals surface area (Å²) in [4.78, 5) is 14.3. The molecule has 0 radical (unpaired) electrons. The molecule has 0 bridgehead atoms. The van der Waals surface area contributed by atoms with Crippen molar-refractivity contribution in [2.75, 3.05) is 31.1 Å². The van der Waals surface area contributed by atoms with Gasteiger partial charge in [-0.1, -0.05) is 12.1 Å². The van der Waals surface area contributed by atoms with E-state index in [9.17, 15) is 13.2 Å². The number of hydrogen-bond acceptors (Lipinski definition) is 6. The Morgan fingerprint density at radius 3 is 2.64 bits per heavy atom. The second-order valence-electron chi connectivity index (χ2n) is 9.36. The molecule has 0 N–H and O–H groups in total. The molecule has 2 fully saturated rings. The summed E-state index contributed by atoms with van der Waals surface area (Å²) in [5.41, 5.74) is 2.11. The van der Waals surface area contributed by atoms with E-state index in [1.807, 2.05) is 24.3 Å². The lowest BCUT2D eigenvalue weighted by Crippen LogP contribution is -2.60. The standard InChI is InChI=1S/C24H24F3N5S/c1-16(8-17-2-4-18(11-28)5-3-17)32-13-23(14-32)6-7-31(12-23)21-20-9-19(10-24(25,26)27)33-22(20)30-15-29-21/h2-5,9,15-16H,6-8,10,12-14H2,1H3. The Bertz CT molecular complexity index is 1190. The van der Waals surface area contributed by atoms with Crippen molar-refractivity contribution in [2.45, 2.75) is 38.4 Å². The first-order chi connectivity index (χ1) is 15.7. The number of alkyl halides is 3. The Kier molecular flexibility index (Phi) is 5.53. The predicted molar refractivity (Wildman–Crippen MR) is 122 cm³/mol. The number of halogens is 3. The van der Waals surface area contributed by atoms with Crippen molar-refractivity contribution in [2.24, 2.45) is 5.41 Å². The van der Waals surface area contributed by atoms with Crippen LogP contribution in [0, 0.1) is 16.7 Å². The fourth-order valence-electron chi connectivity index (χ4n) is 5.12. The summed E-state index contributed by atoms with van der Waals surface area (Å²) in [6, 6.07) is 11.9. The van der Waals surface area contributed by atoms with Gasteiger partial charge in [0.2, 0.25) is 0 Å². The van der Waals surface area contributed by atoms with Gasteiger partial charge in [-0.3, -0.25) is 4.90 Å². The maximum Gasteiger partial charge on any atom is 0.393 e. The van der Waals surface area contributed by atoms with Gasteiger partial charge in [0.1, 0.15) is 17.0 Å². The van der Waals surface area contributed by atoms with Crippen LogP contribution >= 0.6 is 11.3 Å². The Balaban J connectivity index is 1.23. The maximum atomic E-state index is 12.8. The number of fused-ring (bicyclic) bond motifs is 1. The number of likely N-dealkylation sites (tertiary alicyclic amines) is 1. The van der Waals surface area contributed by atoms with Crippen LogP contribution in [-0.4, -0.2) is 53.3 Å². The van der Waals surface area contributed by atoms with Crippen LogP contribution in [0.2, 0.25) is 0 Å². The fraction of sp³-hybridized carbons (Fsp3) is 0.458. The van der Waals surface area contributed by atoms with Crippen LogP contribution in [0.5, 0.6) is 0 Å². The molecule has 33 heavy (non-hydrogen) atoms. The summed E-state index contributed by atoms with van der Waals surface area (Å²) in [7, 11) is 0. The van der Waals surface area contributed by atoms with Crippen LogP contribution in [0.3, 0.4) is 0 Å². The second kappa shape index (κ2) is 8.26. The third kappa shape index (κ3) is 4.55. The number of anilines is 1. The number of aromatic nitrogens is 2. The van der Waals surface area contributed by atoms with E-state index in [0.717, 1.165) is 61.6 Å². The summed E-state index contributed by atoms with van der Waals surface area (Å²) in [6.45, 7) is 5.98. The molecule has 9 heteroatoms. The SMILES string of the molecule is CC(Cc1ccc(C#N)cc1)N1CC2(CCN(c3ncnc4sc(CC(F)(F)F)cc34)C2)C1. The van der Waals surface area contributed by atoms with Crippen molar-refractivity contribution in [3.63, 3.8) is 0 Å². The highest BCUT2D eigenvalue weighted by atomic mass is 32.1. The Morgan fingerprint density at radius 2 is 1.94 bits per heavy atom. The average Bonchev–Trinajstić information content (AvgIpc) is 3.35. The predicted octanol–water partition coefficient (Wildman–Crippen LogP) is 4.81. The lowest BCUT2D eigenvalue weighted by molar-refractivity contribution is -0.126. The van der Waals surface area contributed by atoms with E-state index in [4.69, 9.17) is 5.26 Å². The molecule has 2 saturated heterocycles. The summed E-state index contributed by atoms with van der Waals surface area (Å²) >= 11 is 1.10. The zero-order valence-corrected chi connectivity index (χ0v) is 19.1. The summed E-state index contributed by atoms with van der Waals surface area (Å²) < 4.78 is 38.5. The van der Waals surface area contributed by atoms with Crippen LogP contribution in [0.1, 0.15) is 29.3 Å². The first-order valence-corrected chi connectivity index (χ1v) is 11.8. The lowest BCUT2D eigenvalue weighted by atomic mass is 9.78. The maximum absolute atomic E-state index is 12.8. The van der Waals surface area contributed by atoms with E-state index in [1.54, 1.807) is 6.07 Å². The van der Waals surface area contributed by atoms with Gasteiger partial charge < -0.3 is 4.90 Å². The van der Waals surface area contributed by atoms with Crippen molar-refractivity contribution < 1.29 is 13.2 Å². The highest BCUT2D eigenvalue weighted by Crippen LogP contribution is 2.43. The summed E-state index contributed by atoms with van der Waals surface area (Å²) in [5, 5.41) is 9.68. The topological polar surface area (TPSA) is 56.1 Å². The lowest BCUT2D eigenvalue weighted by Gasteiger charge is -2.51. The molecule has 0 amide bonds. The molecule has 1 aromatic carbocycles. The molecule has 0 saturated carbocycles. The minimum atomic E-state index is -4.23. The van der Waals surface area contributed by atoms with Gasteiger partial charge in [-0.25, -0.2) is 9.97 Å². The normalized spacial score (nSPS) is 19.1. The molecule has 5 rings (SSSR count). The van der Waals surface area contributed by atoms with Crippen molar-refractivity contribution in [1.29, 1.82) is 5.26 Å². The molecule has 0 aliphatic carbocycles. The van der Waals surface area contributed by atoms with Gasteiger partial charge in [0, 0.05) is 42.5 Å². The first kappa shape index (κ1) is 22.1. The number of thiophene rings is 1. The highest BCUT2D eigenvalue weighted by molar-refractivity contribution is 7.18. The highest BCUT2D eigenvalue weighted by Gasteiger charge is 2.49. The molecule has 5 nitrogen and oxygen atoms in total. The molecule has 2 aliphatic rings. The van der Waals surface area contributed by atoms with E-state index >= 15 is 0 Å². The minimum absolute atomic E-state index is 0.209. The Hall–Kier alpha value is -2.70. The monoisotopic (exact) mass is 471 g/mol. The Morgan fingerprint density at radius 1 is 1.18 bits per heavy atom. The van der Waals surface area contributed by atoms with Crippen molar-refractivity contribution in [3.8, 4) is 6.07 Å². The third-order valence-electron chi connectivity index (χ3n) is 6.79. The van der Waals surface area contributed by atoms with Gasteiger partial charge >= 0.3 is 6.18 Å². The minimum Gasteiger partial charge on any atom is -0.355 e. The molecular weight excluding hydrogens is 447 g/mol. The van der Waals surface area contributed by atoms with Gasteiger partial charge in [0.15, 0.2) is 0 Å². The molecule has 4 heterocycles. The first-order valence-electron chi connectivity index (χ1n) is 11.0. The van der Waals surface area contributed by atoms with Gasteiger partial charge in [-0.05, 0) is 43.5 Å². The molecule has 172 valence electrons. The van der Waals surface area contributed by atoms with E-state index in [-0.39, 0.29) is 10.3 Å². The molecule has 1 spiro atoms. The number of nitriles is 1. The molecule has 3 aromatic rings. The number of hydrogen-bond donors (Lipinski definition) is 0. The number of rotatable bonds is 5. The molecule has 1 unspecified atom stereocenters. The van der Waals surface area contributed by atoms with E-state index < -0.39 is 12.6 Å². The van der Waals surface area contributed by atoms with Gasteiger partial charge in [0.05, 0.1) is 23.4 Å². The van der Waals surface area contributed by atoms with E-state index in [0.29, 0.717) is 16.4 Å². The van der Waals surface area contributed by atoms with Gasteiger partial charge in [-0.15, -0.1) is 11.3 Å². The fourth-order valence-corrected chi connectivity index (χ4v) is 6.14. The van der Waals surface area contributed by atoms with Crippen molar-refractivity contribution >= 4 is 27.4 Å². The van der Waals surface area contributed by atoms with Crippen molar-refractivity contribution in [1.82, 2.24) is 14.9 Å². The van der Waals surface area contributed by atoms with Gasteiger partial charge in [0.25, 0.3) is 0 Å². The van der Waals surface area contributed by atoms with Crippen LogP contribution in [0.25, 0.3) is 10.2 Å². The third-order valence-corrected chi connectivity index (χ3v) is 7.83. The molecule has 2 aromatic heterocycles. The summed E-state index contributed by atoms with van der Waals surface area (Å²) in [6.07, 6.45) is -1.70. The molecule has 1 atom stereocenters. The molecular formula is C24H24F3N5S. The van der Waals surface area contributed by atoms with Crippen LogP contribution < -0.4 is 4.90 Å². The van der Waals surface area contributed by atoms with E-state index in [1.165, 1.54) is 11.9 Å². The zero-order chi connectivity index (χ0) is 23.2. The van der Waals surface area contributed by atoms with Crippen LogP contribution in [0.4, 0.5) is 19.0 Å². The van der Waals surface area contributed by atoms with Crippen LogP contribution in [0.15, 0.2) is 36.7 Å². The molecule has 2 aliphatic heterocycles. The summed E-state index contributed by atoms with van der Waals surface area (Å²) in [5.74, 6) is 0.755.